The third-order valence-corrected chi connectivity index (χ3v) is 5.49. The number of nitrogens with zero attached hydrogens (tertiary/aromatic N) is 3. The number of hydrogen-bond donors (Lipinski definition) is 1. The van der Waals surface area contributed by atoms with Crippen molar-refractivity contribution in [3.63, 3.8) is 0 Å². The Labute approximate surface area is 181 Å². The third-order valence-electron chi connectivity index (χ3n) is 5.49. The zero-order valence-corrected chi connectivity index (χ0v) is 17.5. The number of benzene rings is 2. The van der Waals surface area contributed by atoms with Crippen LogP contribution in [0.25, 0.3) is 11.3 Å². The largest absolute Gasteiger partial charge is 0.441 e. The number of carbonyl (C=O) groups excluding carboxylic acids is 1. The SMILES string of the molecule is O=C(CCc1ncc(-c2ccc(F)cc2)o1)NCCN1CCN(c2ccccc2)CC1. The fourth-order valence-electron chi connectivity index (χ4n) is 3.70. The minimum absolute atomic E-state index is 0.00977. The highest BCUT2D eigenvalue weighted by molar-refractivity contribution is 5.76. The molecular formula is C24H27FN4O2. The van der Waals surface area contributed by atoms with Crippen LogP contribution in [0.5, 0.6) is 0 Å². The van der Waals surface area contributed by atoms with Crippen molar-refractivity contribution in [1.29, 1.82) is 0 Å². The number of aryl methyl sites for hydroxylation is 1. The molecule has 31 heavy (non-hydrogen) atoms. The number of hydrogen-bond acceptors (Lipinski definition) is 5. The maximum Gasteiger partial charge on any atom is 0.220 e. The van der Waals surface area contributed by atoms with Gasteiger partial charge in [0.15, 0.2) is 11.7 Å². The zero-order chi connectivity index (χ0) is 21.5. The molecule has 0 saturated carbocycles. The van der Waals surface area contributed by atoms with Crippen LogP contribution in [0.1, 0.15) is 12.3 Å². The monoisotopic (exact) mass is 422 g/mol. The molecule has 0 aliphatic carbocycles. The van der Waals surface area contributed by atoms with Gasteiger partial charge in [0.25, 0.3) is 0 Å². The molecule has 0 unspecified atom stereocenters. The van der Waals surface area contributed by atoms with Crippen LogP contribution in [0.4, 0.5) is 10.1 Å². The summed E-state index contributed by atoms with van der Waals surface area (Å²) in [5, 5.41) is 2.98. The van der Waals surface area contributed by atoms with Gasteiger partial charge < -0.3 is 14.6 Å². The van der Waals surface area contributed by atoms with Crippen LogP contribution in [-0.2, 0) is 11.2 Å². The van der Waals surface area contributed by atoms with Crippen LogP contribution in [-0.4, -0.2) is 55.1 Å². The predicted octanol–water partition coefficient (Wildman–Crippen LogP) is 3.35. The van der Waals surface area contributed by atoms with Gasteiger partial charge in [-0.1, -0.05) is 18.2 Å². The summed E-state index contributed by atoms with van der Waals surface area (Å²) >= 11 is 0. The van der Waals surface area contributed by atoms with E-state index >= 15 is 0 Å². The van der Waals surface area contributed by atoms with Crippen molar-refractivity contribution in [2.45, 2.75) is 12.8 Å². The maximum atomic E-state index is 13.0. The lowest BCUT2D eigenvalue weighted by Gasteiger charge is -2.36. The van der Waals surface area contributed by atoms with Crippen molar-refractivity contribution >= 4 is 11.6 Å². The van der Waals surface area contributed by atoms with Gasteiger partial charge in [0.1, 0.15) is 5.82 Å². The van der Waals surface area contributed by atoms with E-state index in [4.69, 9.17) is 4.42 Å². The summed E-state index contributed by atoms with van der Waals surface area (Å²) in [6.45, 7) is 5.47. The molecule has 162 valence electrons. The summed E-state index contributed by atoms with van der Waals surface area (Å²) in [7, 11) is 0. The smallest absolute Gasteiger partial charge is 0.220 e. The molecule has 0 radical (unpaired) electrons. The van der Waals surface area contributed by atoms with Crippen molar-refractivity contribution in [1.82, 2.24) is 15.2 Å². The number of carbonyl (C=O) groups is 1. The number of nitrogens with one attached hydrogen (secondary N) is 1. The first-order valence-electron chi connectivity index (χ1n) is 10.7. The Bertz CT molecular complexity index is 967. The number of amides is 1. The van der Waals surface area contributed by atoms with Gasteiger partial charge in [-0.05, 0) is 36.4 Å². The number of rotatable bonds is 8. The summed E-state index contributed by atoms with van der Waals surface area (Å²) < 4.78 is 18.7. The van der Waals surface area contributed by atoms with Gasteiger partial charge in [-0.3, -0.25) is 9.69 Å². The van der Waals surface area contributed by atoms with E-state index in [1.165, 1.54) is 17.8 Å². The average molecular weight is 423 g/mol. The predicted molar refractivity (Wildman–Crippen MR) is 118 cm³/mol. The van der Waals surface area contributed by atoms with Crippen molar-refractivity contribution in [3.05, 3.63) is 72.5 Å². The van der Waals surface area contributed by atoms with Gasteiger partial charge in [-0.15, -0.1) is 0 Å². The van der Waals surface area contributed by atoms with Crippen molar-refractivity contribution in [2.24, 2.45) is 0 Å². The number of para-hydroxylation sites is 1. The summed E-state index contributed by atoms with van der Waals surface area (Å²) in [5.41, 5.74) is 2.03. The van der Waals surface area contributed by atoms with Gasteiger partial charge >= 0.3 is 0 Å². The van der Waals surface area contributed by atoms with E-state index in [0.717, 1.165) is 38.3 Å². The Morgan fingerprint density at radius 1 is 1.03 bits per heavy atom. The fourth-order valence-corrected chi connectivity index (χ4v) is 3.70. The Morgan fingerprint density at radius 3 is 2.52 bits per heavy atom. The van der Waals surface area contributed by atoms with Gasteiger partial charge in [0, 0.05) is 63.4 Å². The highest BCUT2D eigenvalue weighted by Crippen LogP contribution is 2.21. The molecule has 0 atom stereocenters. The van der Waals surface area contributed by atoms with Gasteiger partial charge in [0.05, 0.1) is 6.20 Å². The van der Waals surface area contributed by atoms with Crippen LogP contribution in [0.3, 0.4) is 0 Å². The summed E-state index contributed by atoms with van der Waals surface area (Å²) in [6, 6.07) is 16.5. The number of anilines is 1. The Morgan fingerprint density at radius 2 is 1.77 bits per heavy atom. The van der Waals surface area contributed by atoms with Crippen molar-refractivity contribution < 1.29 is 13.6 Å². The molecule has 1 fully saturated rings. The van der Waals surface area contributed by atoms with E-state index < -0.39 is 0 Å². The van der Waals surface area contributed by atoms with E-state index in [1.807, 2.05) is 6.07 Å². The molecule has 6 nitrogen and oxygen atoms in total. The second-order valence-electron chi connectivity index (χ2n) is 7.64. The van der Waals surface area contributed by atoms with Crippen LogP contribution < -0.4 is 10.2 Å². The molecule has 1 saturated heterocycles. The molecule has 3 aromatic rings. The van der Waals surface area contributed by atoms with E-state index in [-0.39, 0.29) is 11.7 Å². The Hall–Kier alpha value is -3.19. The zero-order valence-electron chi connectivity index (χ0n) is 17.5. The quantitative estimate of drug-likeness (QED) is 0.603. The molecule has 2 heterocycles. The highest BCUT2D eigenvalue weighted by atomic mass is 19.1. The molecule has 4 rings (SSSR count). The number of oxazole rings is 1. The second-order valence-corrected chi connectivity index (χ2v) is 7.64. The van der Waals surface area contributed by atoms with E-state index in [9.17, 15) is 9.18 Å². The lowest BCUT2D eigenvalue weighted by molar-refractivity contribution is -0.121. The fraction of sp³-hybridized carbons (Fsp3) is 0.333. The van der Waals surface area contributed by atoms with Crippen LogP contribution in [0, 0.1) is 5.82 Å². The van der Waals surface area contributed by atoms with Crippen LogP contribution in [0.15, 0.2) is 65.2 Å². The molecule has 1 aromatic heterocycles. The normalized spacial score (nSPS) is 14.5. The van der Waals surface area contributed by atoms with Crippen molar-refractivity contribution in [2.75, 3.05) is 44.2 Å². The molecule has 1 amide bonds. The first-order valence-corrected chi connectivity index (χ1v) is 10.7. The van der Waals surface area contributed by atoms with E-state index in [2.05, 4.69) is 44.4 Å². The Balaban J connectivity index is 1.13. The topological polar surface area (TPSA) is 61.6 Å². The summed E-state index contributed by atoms with van der Waals surface area (Å²) in [6.07, 6.45) is 2.36. The van der Waals surface area contributed by atoms with Gasteiger partial charge in [0.2, 0.25) is 5.91 Å². The molecular weight excluding hydrogens is 395 g/mol. The lowest BCUT2D eigenvalue weighted by Crippen LogP contribution is -2.48. The van der Waals surface area contributed by atoms with Crippen molar-refractivity contribution in [3.8, 4) is 11.3 Å². The third kappa shape index (κ3) is 5.92. The molecule has 7 heteroatoms. The molecule has 1 aliphatic heterocycles. The standard InChI is InChI=1S/C24H27FN4O2/c25-20-8-6-19(7-9-20)22-18-27-24(31-22)11-10-23(30)26-12-13-28-14-16-29(17-15-28)21-4-2-1-3-5-21/h1-9,18H,10-17H2,(H,26,30). The van der Waals surface area contributed by atoms with Gasteiger partial charge in [-0.2, -0.15) is 0 Å². The van der Waals surface area contributed by atoms with Crippen LogP contribution in [0.2, 0.25) is 0 Å². The lowest BCUT2D eigenvalue weighted by atomic mass is 10.2. The molecule has 1 N–H and O–H groups in total. The van der Waals surface area contributed by atoms with Crippen LogP contribution >= 0.6 is 0 Å². The second kappa shape index (κ2) is 10.2. The summed E-state index contributed by atoms with van der Waals surface area (Å²) in [5.74, 6) is 0.777. The molecule has 0 spiro atoms. The summed E-state index contributed by atoms with van der Waals surface area (Å²) in [4.78, 5) is 21.2. The average Bonchev–Trinajstić information content (AvgIpc) is 3.28. The molecule has 2 aromatic carbocycles. The molecule has 1 aliphatic rings. The minimum Gasteiger partial charge on any atom is -0.441 e. The maximum absolute atomic E-state index is 13.0. The molecule has 0 bridgehead atoms. The minimum atomic E-state index is -0.293. The Kier molecular flexibility index (Phi) is 6.94. The number of piperazine rings is 1. The number of aromatic nitrogens is 1. The van der Waals surface area contributed by atoms with E-state index in [0.29, 0.717) is 31.0 Å². The first kappa shape index (κ1) is 21.1. The first-order chi connectivity index (χ1) is 15.2. The van der Waals surface area contributed by atoms with E-state index in [1.54, 1.807) is 18.3 Å². The highest BCUT2D eigenvalue weighted by Gasteiger charge is 2.17. The van der Waals surface area contributed by atoms with Gasteiger partial charge in [-0.25, -0.2) is 9.37 Å². The number of halogens is 1.